The average Bonchev–Trinajstić information content (AvgIpc) is 3.39. The molecule has 3 heterocycles. The second-order valence-corrected chi connectivity index (χ2v) is 7.62. The van der Waals surface area contributed by atoms with E-state index in [-0.39, 0.29) is 11.6 Å². The predicted octanol–water partition coefficient (Wildman–Crippen LogP) is 0.544. The zero-order valence-corrected chi connectivity index (χ0v) is 16.9. The smallest absolute Gasteiger partial charge is 0.354 e. The van der Waals surface area contributed by atoms with Gasteiger partial charge in [0.05, 0.1) is 5.69 Å². The van der Waals surface area contributed by atoms with Gasteiger partial charge in [-0.3, -0.25) is 9.56 Å². The molecule has 0 bridgehead atoms. The van der Waals surface area contributed by atoms with Crippen LogP contribution in [0.15, 0.2) is 46.3 Å². The van der Waals surface area contributed by atoms with E-state index in [4.69, 9.17) is 11.5 Å². The van der Waals surface area contributed by atoms with Crippen LogP contribution in [0.1, 0.15) is 30.0 Å². The summed E-state index contributed by atoms with van der Waals surface area (Å²) >= 11 is 0. The van der Waals surface area contributed by atoms with Gasteiger partial charge < -0.3 is 27.1 Å². The van der Waals surface area contributed by atoms with Gasteiger partial charge in [0.15, 0.2) is 5.96 Å². The average molecular weight is 409 g/mol. The fourth-order valence-electron chi connectivity index (χ4n) is 3.76. The zero-order chi connectivity index (χ0) is 20.9. The molecule has 9 nitrogen and oxygen atoms in total. The van der Waals surface area contributed by atoms with E-state index in [9.17, 15) is 4.79 Å². The van der Waals surface area contributed by atoms with Crippen molar-refractivity contribution >= 4 is 17.0 Å². The molecule has 1 aliphatic rings. The summed E-state index contributed by atoms with van der Waals surface area (Å²) in [5.74, 6) is 0.578. The first-order valence-electron chi connectivity index (χ1n) is 10.3. The van der Waals surface area contributed by atoms with E-state index in [1.165, 1.54) is 0 Å². The maximum atomic E-state index is 12.5. The molecule has 1 saturated heterocycles. The third-order valence-electron chi connectivity index (χ3n) is 5.38. The molecule has 0 aliphatic carbocycles. The summed E-state index contributed by atoms with van der Waals surface area (Å²) < 4.78 is 1.60. The summed E-state index contributed by atoms with van der Waals surface area (Å²) in [7, 11) is 0. The fraction of sp³-hybridized carbons (Fsp3) is 0.381. The lowest BCUT2D eigenvalue weighted by atomic mass is 10.1. The summed E-state index contributed by atoms with van der Waals surface area (Å²) in [4.78, 5) is 24.1. The Labute approximate surface area is 174 Å². The first kappa shape index (κ1) is 20.1. The van der Waals surface area contributed by atoms with Crippen molar-refractivity contribution in [1.82, 2.24) is 25.2 Å². The lowest BCUT2D eigenvalue weighted by Crippen LogP contribution is -2.23. The number of benzene rings is 1. The highest BCUT2D eigenvalue weighted by Crippen LogP contribution is 2.24. The number of nitrogens with one attached hydrogen (secondary N) is 3. The highest BCUT2D eigenvalue weighted by molar-refractivity contribution is 5.76. The molecule has 9 heteroatoms. The number of hydrogen-bond donors (Lipinski definition) is 5. The molecule has 158 valence electrons. The highest BCUT2D eigenvalue weighted by Gasteiger charge is 2.19. The zero-order valence-electron chi connectivity index (χ0n) is 16.9. The van der Waals surface area contributed by atoms with Gasteiger partial charge in [0, 0.05) is 42.8 Å². The van der Waals surface area contributed by atoms with Crippen LogP contribution in [0.25, 0.3) is 16.7 Å². The van der Waals surface area contributed by atoms with Gasteiger partial charge in [0.25, 0.3) is 0 Å². The number of aliphatic imine (C=N–C) groups is 1. The van der Waals surface area contributed by atoms with Crippen LogP contribution >= 0.6 is 0 Å². The van der Waals surface area contributed by atoms with Crippen molar-refractivity contribution in [3.63, 3.8) is 0 Å². The first-order valence-corrected chi connectivity index (χ1v) is 10.3. The van der Waals surface area contributed by atoms with Gasteiger partial charge in [-0.15, -0.1) is 0 Å². The molecule has 0 saturated carbocycles. The number of fused-ring (bicyclic) bond motifs is 1. The summed E-state index contributed by atoms with van der Waals surface area (Å²) in [6.45, 7) is 4.17. The third-order valence-corrected chi connectivity index (χ3v) is 5.38. The van der Waals surface area contributed by atoms with Crippen LogP contribution in [0, 0.1) is 0 Å². The third kappa shape index (κ3) is 4.69. The Hall–Kier alpha value is -3.17. The van der Waals surface area contributed by atoms with E-state index in [1.807, 2.05) is 30.5 Å². The van der Waals surface area contributed by atoms with Gasteiger partial charge in [-0.2, -0.15) is 4.98 Å². The number of aromatic nitrogens is 3. The Morgan fingerprint density at radius 2 is 2.13 bits per heavy atom. The Morgan fingerprint density at radius 3 is 2.87 bits per heavy atom. The van der Waals surface area contributed by atoms with Gasteiger partial charge in [0.1, 0.15) is 5.65 Å². The lowest BCUT2D eigenvalue weighted by molar-refractivity contribution is 0.655. The first-order chi connectivity index (χ1) is 14.6. The number of nitrogens with zero attached hydrogens (tertiary/aromatic N) is 3. The second-order valence-electron chi connectivity index (χ2n) is 7.62. The summed E-state index contributed by atoms with van der Waals surface area (Å²) in [5.41, 5.74) is 14.1. The maximum absolute atomic E-state index is 12.5. The molecule has 0 radical (unpaired) electrons. The molecule has 0 amide bonds. The largest absolute Gasteiger partial charge is 0.370 e. The molecule has 4 rings (SSSR count). The number of hydrogen-bond acceptors (Lipinski definition) is 5. The maximum Gasteiger partial charge on any atom is 0.354 e. The molecule has 1 aromatic carbocycles. The van der Waals surface area contributed by atoms with Crippen LogP contribution in [0.2, 0.25) is 0 Å². The van der Waals surface area contributed by atoms with Crippen molar-refractivity contribution in [3.8, 4) is 5.69 Å². The summed E-state index contributed by atoms with van der Waals surface area (Å²) in [6.07, 6.45) is 3.83. The van der Waals surface area contributed by atoms with Crippen molar-refractivity contribution in [1.29, 1.82) is 0 Å². The van der Waals surface area contributed by atoms with Crippen molar-refractivity contribution in [2.24, 2.45) is 16.5 Å². The number of nitrogens with two attached hydrogens (primary N) is 2. The van der Waals surface area contributed by atoms with Crippen LogP contribution in [0.3, 0.4) is 0 Å². The van der Waals surface area contributed by atoms with E-state index in [0.29, 0.717) is 18.1 Å². The molecule has 0 spiro atoms. The molecule has 1 fully saturated rings. The molecular weight excluding hydrogens is 380 g/mol. The molecule has 2 aromatic heterocycles. The Bertz CT molecular complexity index is 1070. The monoisotopic (exact) mass is 408 g/mol. The van der Waals surface area contributed by atoms with E-state index < -0.39 is 0 Å². The highest BCUT2D eigenvalue weighted by atomic mass is 16.1. The summed E-state index contributed by atoms with van der Waals surface area (Å²) in [6, 6.07) is 10.0. The topological polar surface area (TPSA) is 139 Å². The Kier molecular flexibility index (Phi) is 6.10. The van der Waals surface area contributed by atoms with Crippen LogP contribution in [0.4, 0.5) is 0 Å². The van der Waals surface area contributed by atoms with Crippen molar-refractivity contribution in [2.75, 3.05) is 26.2 Å². The van der Waals surface area contributed by atoms with E-state index >= 15 is 0 Å². The van der Waals surface area contributed by atoms with E-state index in [0.717, 1.165) is 61.4 Å². The van der Waals surface area contributed by atoms with Gasteiger partial charge in [-0.25, -0.2) is 4.79 Å². The number of rotatable bonds is 8. The van der Waals surface area contributed by atoms with Crippen molar-refractivity contribution in [2.45, 2.75) is 25.3 Å². The molecular formula is C21H28N8O. The quantitative estimate of drug-likeness (QED) is 0.209. The molecule has 7 N–H and O–H groups in total. The normalized spacial score (nSPS) is 16.2. The van der Waals surface area contributed by atoms with Gasteiger partial charge in [0.2, 0.25) is 0 Å². The van der Waals surface area contributed by atoms with E-state index in [2.05, 4.69) is 31.7 Å². The molecule has 3 aromatic rings. The number of aromatic amines is 1. The minimum atomic E-state index is -0.286. The summed E-state index contributed by atoms with van der Waals surface area (Å²) in [5, 5.41) is 7.68. The lowest BCUT2D eigenvalue weighted by Gasteiger charge is -2.08. The van der Waals surface area contributed by atoms with Crippen molar-refractivity contribution in [3.05, 3.63) is 58.3 Å². The molecule has 1 unspecified atom stereocenters. The number of guanidine groups is 1. The van der Waals surface area contributed by atoms with Gasteiger partial charge >= 0.3 is 5.69 Å². The minimum Gasteiger partial charge on any atom is -0.370 e. The van der Waals surface area contributed by atoms with Crippen LogP contribution in [-0.4, -0.2) is 46.7 Å². The van der Waals surface area contributed by atoms with Crippen LogP contribution < -0.4 is 27.8 Å². The number of H-pyrrole nitrogens is 1. The van der Waals surface area contributed by atoms with Crippen LogP contribution in [-0.2, 0) is 6.54 Å². The Morgan fingerprint density at radius 1 is 1.30 bits per heavy atom. The Balaban J connectivity index is 1.42. The predicted molar refractivity (Wildman–Crippen MR) is 119 cm³/mol. The molecule has 30 heavy (non-hydrogen) atoms. The SMILES string of the molecule is NC(N)=NCCCNCc1ccc(-n2cc3cc(C4CCNC4)[nH]c3nc2=O)cc1. The van der Waals surface area contributed by atoms with Crippen LogP contribution in [0.5, 0.6) is 0 Å². The molecule has 1 atom stereocenters. The standard InChI is InChI=1S/C21H28N8O/c22-20(23)26-8-1-7-24-11-14-2-4-17(5-3-14)29-13-16-10-18(15-6-9-25-12-15)27-19(16)28-21(29)30/h2-5,10,13,15,24-25H,1,6-9,11-12H2,(H4,22,23,26)(H,27,28,30). The molecule has 1 aliphatic heterocycles. The second kappa shape index (κ2) is 9.10. The minimum absolute atomic E-state index is 0.125. The van der Waals surface area contributed by atoms with Gasteiger partial charge in [-0.1, -0.05) is 12.1 Å². The fourth-order valence-corrected chi connectivity index (χ4v) is 3.76. The van der Waals surface area contributed by atoms with Crippen molar-refractivity contribution < 1.29 is 0 Å². The van der Waals surface area contributed by atoms with Gasteiger partial charge in [-0.05, 0) is 49.7 Å². The van der Waals surface area contributed by atoms with E-state index in [1.54, 1.807) is 4.57 Å².